The minimum absolute atomic E-state index is 0.281. The molecule has 0 amide bonds. The number of piperidine rings is 1. The summed E-state index contributed by atoms with van der Waals surface area (Å²) in [6, 6.07) is 0.659. The van der Waals surface area contributed by atoms with Gasteiger partial charge >= 0.3 is 0 Å². The molecule has 0 spiro atoms. The standard InChI is InChI=1S/C15H31N3/c1-4-14-5-8-18(9-6-14)15(11-16)7-10-17(12-15)13(2)3/h13-14H,4-12,16H2,1-3H3. The maximum Gasteiger partial charge on any atom is 0.0470 e. The maximum absolute atomic E-state index is 6.16. The van der Waals surface area contributed by atoms with Gasteiger partial charge in [0.2, 0.25) is 0 Å². The molecule has 2 aliphatic heterocycles. The van der Waals surface area contributed by atoms with Gasteiger partial charge in [0.05, 0.1) is 0 Å². The second kappa shape index (κ2) is 5.89. The van der Waals surface area contributed by atoms with Crippen molar-refractivity contribution in [3.63, 3.8) is 0 Å². The lowest BCUT2D eigenvalue weighted by Gasteiger charge is -2.44. The van der Waals surface area contributed by atoms with E-state index >= 15 is 0 Å². The fraction of sp³-hybridized carbons (Fsp3) is 1.00. The molecule has 0 bridgehead atoms. The van der Waals surface area contributed by atoms with E-state index < -0.39 is 0 Å². The van der Waals surface area contributed by atoms with Crippen molar-refractivity contribution in [1.82, 2.24) is 9.80 Å². The second-order valence-electron chi connectivity index (χ2n) is 6.58. The van der Waals surface area contributed by atoms with Crippen LogP contribution in [0.3, 0.4) is 0 Å². The van der Waals surface area contributed by atoms with Crippen LogP contribution in [0, 0.1) is 5.92 Å². The van der Waals surface area contributed by atoms with Gasteiger partial charge in [0.25, 0.3) is 0 Å². The van der Waals surface area contributed by atoms with Crippen LogP contribution in [0.4, 0.5) is 0 Å². The summed E-state index contributed by atoms with van der Waals surface area (Å²) in [5, 5.41) is 0. The largest absolute Gasteiger partial charge is 0.329 e. The smallest absolute Gasteiger partial charge is 0.0470 e. The number of likely N-dealkylation sites (tertiary alicyclic amines) is 2. The van der Waals surface area contributed by atoms with Crippen molar-refractivity contribution in [2.75, 3.05) is 32.7 Å². The Balaban J connectivity index is 1.97. The van der Waals surface area contributed by atoms with E-state index in [1.165, 1.54) is 51.9 Å². The van der Waals surface area contributed by atoms with Crippen LogP contribution in [0.15, 0.2) is 0 Å². The third-order valence-corrected chi connectivity index (χ3v) is 5.33. The zero-order valence-corrected chi connectivity index (χ0v) is 12.5. The summed E-state index contributed by atoms with van der Waals surface area (Å²) >= 11 is 0. The van der Waals surface area contributed by atoms with E-state index in [1.54, 1.807) is 0 Å². The highest BCUT2D eigenvalue weighted by atomic mass is 15.3. The van der Waals surface area contributed by atoms with E-state index in [1.807, 2.05) is 0 Å². The normalized spacial score (nSPS) is 32.5. The molecule has 0 aromatic rings. The predicted molar refractivity (Wildman–Crippen MR) is 77.7 cm³/mol. The number of hydrogen-bond acceptors (Lipinski definition) is 3. The van der Waals surface area contributed by atoms with Gasteiger partial charge < -0.3 is 5.73 Å². The van der Waals surface area contributed by atoms with Crippen LogP contribution in [0.2, 0.25) is 0 Å². The van der Waals surface area contributed by atoms with Crippen LogP contribution >= 0.6 is 0 Å². The minimum Gasteiger partial charge on any atom is -0.329 e. The van der Waals surface area contributed by atoms with Gasteiger partial charge in [-0.05, 0) is 52.1 Å². The molecule has 18 heavy (non-hydrogen) atoms. The van der Waals surface area contributed by atoms with E-state index in [0.29, 0.717) is 6.04 Å². The average Bonchev–Trinajstić information content (AvgIpc) is 2.85. The lowest BCUT2D eigenvalue weighted by Crippen LogP contribution is -2.58. The highest BCUT2D eigenvalue weighted by Crippen LogP contribution is 2.32. The van der Waals surface area contributed by atoms with Crippen LogP contribution in [-0.4, -0.2) is 54.1 Å². The van der Waals surface area contributed by atoms with E-state index in [9.17, 15) is 0 Å². The Labute approximate surface area is 113 Å². The van der Waals surface area contributed by atoms with Crippen molar-refractivity contribution in [1.29, 1.82) is 0 Å². The zero-order valence-electron chi connectivity index (χ0n) is 12.5. The second-order valence-corrected chi connectivity index (χ2v) is 6.58. The first-order chi connectivity index (χ1) is 8.61. The van der Waals surface area contributed by atoms with Crippen LogP contribution in [0.5, 0.6) is 0 Å². The summed E-state index contributed by atoms with van der Waals surface area (Å²) in [6.45, 7) is 12.7. The Morgan fingerprint density at radius 1 is 1.22 bits per heavy atom. The highest BCUT2D eigenvalue weighted by Gasteiger charge is 2.43. The van der Waals surface area contributed by atoms with Gasteiger partial charge in [-0.1, -0.05) is 13.3 Å². The Bertz CT molecular complexity index is 258. The van der Waals surface area contributed by atoms with Crippen molar-refractivity contribution in [3.8, 4) is 0 Å². The molecule has 2 fully saturated rings. The molecule has 1 unspecified atom stereocenters. The molecular weight excluding hydrogens is 222 g/mol. The third kappa shape index (κ3) is 2.73. The van der Waals surface area contributed by atoms with Gasteiger partial charge in [-0.15, -0.1) is 0 Å². The van der Waals surface area contributed by atoms with E-state index in [0.717, 1.165) is 12.5 Å². The molecule has 106 valence electrons. The van der Waals surface area contributed by atoms with Crippen molar-refractivity contribution in [3.05, 3.63) is 0 Å². The van der Waals surface area contributed by atoms with Crippen molar-refractivity contribution >= 4 is 0 Å². The lowest BCUT2D eigenvalue weighted by molar-refractivity contribution is 0.0564. The molecule has 0 aromatic carbocycles. The van der Waals surface area contributed by atoms with Gasteiger partial charge in [0.15, 0.2) is 0 Å². The molecule has 0 saturated carbocycles. The molecule has 0 radical (unpaired) electrons. The van der Waals surface area contributed by atoms with Gasteiger partial charge in [-0.3, -0.25) is 9.80 Å². The minimum atomic E-state index is 0.281. The summed E-state index contributed by atoms with van der Waals surface area (Å²) in [7, 11) is 0. The molecule has 2 saturated heterocycles. The third-order valence-electron chi connectivity index (χ3n) is 5.33. The average molecular weight is 253 g/mol. The highest BCUT2D eigenvalue weighted by molar-refractivity contribution is 5.01. The van der Waals surface area contributed by atoms with Crippen LogP contribution in [0.25, 0.3) is 0 Å². The summed E-state index contributed by atoms with van der Waals surface area (Å²) in [4.78, 5) is 5.31. The monoisotopic (exact) mass is 253 g/mol. The quantitative estimate of drug-likeness (QED) is 0.831. The Kier molecular flexibility index (Phi) is 4.68. The number of nitrogens with two attached hydrogens (primary N) is 1. The van der Waals surface area contributed by atoms with E-state index in [2.05, 4.69) is 30.6 Å². The van der Waals surface area contributed by atoms with Crippen molar-refractivity contribution in [2.24, 2.45) is 11.7 Å². The number of nitrogens with zero attached hydrogens (tertiary/aromatic N) is 2. The van der Waals surface area contributed by atoms with Gasteiger partial charge in [0.1, 0.15) is 0 Å². The summed E-state index contributed by atoms with van der Waals surface area (Å²) in [5.74, 6) is 0.957. The Morgan fingerprint density at radius 2 is 1.89 bits per heavy atom. The van der Waals surface area contributed by atoms with Crippen LogP contribution in [0.1, 0.15) is 46.5 Å². The van der Waals surface area contributed by atoms with Gasteiger partial charge in [-0.2, -0.15) is 0 Å². The molecule has 1 atom stereocenters. The zero-order chi connectivity index (χ0) is 13.2. The van der Waals surface area contributed by atoms with Crippen molar-refractivity contribution in [2.45, 2.75) is 58.0 Å². The summed E-state index contributed by atoms with van der Waals surface area (Å²) < 4.78 is 0. The Morgan fingerprint density at radius 3 is 2.33 bits per heavy atom. The maximum atomic E-state index is 6.16. The molecule has 0 aliphatic carbocycles. The molecule has 2 heterocycles. The molecule has 0 aromatic heterocycles. The summed E-state index contributed by atoms with van der Waals surface area (Å²) in [5.41, 5.74) is 6.44. The molecule has 2 aliphatic rings. The first-order valence-corrected chi connectivity index (χ1v) is 7.80. The predicted octanol–water partition coefficient (Wildman–Crippen LogP) is 1.92. The Hall–Kier alpha value is -0.120. The molecule has 2 N–H and O–H groups in total. The lowest BCUT2D eigenvalue weighted by atomic mass is 9.88. The topological polar surface area (TPSA) is 32.5 Å². The van der Waals surface area contributed by atoms with Crippen molar-refractivity contribution < 1.29 is 0 Å². The first-order valence-electron chi connectivity index (χ1n) is 7.80. The number of hydrogen-bond donors (Lipinski definition) is 1. The SMILES string of the molecule is CCC1CCN(C2(CN)CCN(C(C)C)C2)CC1. The molecule has 2 rings (SSSR count). The van der Waals surface area contributed by atoms with Crippen LogP contribution in [-0.2, 0) is 0 Å². The first kappa shape index (κ1) is 14.3. The number of rotatable bonds is 4. The van der Waals surface area contributed by atoms with Gasteiger partial charge in [-0.25, -0.2) is 0 Å². The molecule has 3 heteroatoms. The molecular formula is C15H31N3. The summed E-state index contributed by atoms with van der Waals surface area (Å²) in [6.07, 6.45) is 5.36. The van der Waals surface area contributed by atoms with Gasteiger partial charge in [0, 0.05) is 31.2 Å². The fourth-order valence-corrected chi connectivity index (χ4v) is 3.70. The van der Waals surface area contributed by atoms with E-state index in [4.69, 9.17) is 5.73 Å². The van der Waals surface area contributed by atoms with E-state index in [-0.39, 0.29) is 5.54 Å². The fourth-order valence-electron chi connectivity index (χ4n) is 3.70. The molecule has 3 nitrogen and oxygen atoms in total. The van der Waals surface area contributed by atoms with Crippen LogP contribution < -0.4 is 5.73 Å².